The van der Waals surface area contributed by atoms with E-state index in [1.165, 1.54) is 19.3 Å². The molecule has 0 radical (unpaired) electrons. The number of aromatic nitrogens is 1. The molecule has 2 heterocycles. The molecular weight excluding hydrogens is 228 g/mol. The minimum atomic E-state index is 0.0315. The third-order valence-electron chi connectivity index (χ3n) is 3.88. The fraction of sp³-hybridized carbons (Fsp3) is 0.714. The molecule has 1 saturated carbocycles. The molecule has 18 heavy (non-hydrogen) atoms. The highest BCUT2D eigenvalue weighted by Crippen LogP contribution is 2.40. The van der Waals surface area contributed by atoms with Gasteiger partial charge >= 0.3 is 0 Å². The Morgan fingerprint density at radius 2 is 2.00 bits per heavy atom. The maximum atomic E-state index is 12.4. The molecule has 4 nitrogen and oxygen atoms in total. The van der Waals surface area contributed by atoms with Gasteiger partial charge in [0.1, 0.15) is 5.76 Å². The van der Waals surface area contributed by atoms with Crippen LogP contribution in [0.15, 0.2) is 10.6 Å². The maximum Gasteiger partial charge on any atom is 0.276 e. The van der Waals surface area contributed by atoms with E-state index >= 15 is 0 Å². The largest absolute Gasteiger partial charge is 0.360 e. The number of piperidine rings is 1. The highest BCUT2D eigenvalue weighted by molar-refractivity contribution is 5.92. The lowest BCUT2D eigenvalue weighted by Crippen LogP contribution is -2.42. The SMILES string of the molecule is C[C@@H]1C[C@@H](C)CN(C(=O)c2cc(C3CC3)on2)C1. The Bertz CT molecular complexity index is 440. The standard InChI is InChI=1S/C14H20N2O2/c1-9-5-10(2)8-16(7-9)14(17)12-6-13(18-15-12)11-3-4-11/h6,9-11H,3-5,7-8H2,1-2H3/t9-,10-/m1/s1. The van der Waals surface area contributed by atoms with Crippen LogP contribution in [0.1, 0.15) is 55.3 Å². The van der Waals surface area contributed by atoms with Crippen LogP contribution < -0.4 is 0 Å². The summed E-state index contributed by atoms with van der Waals surface area (Å²) < 4.78 is 5.26. The van der Waals surface area contributed by atoms with Gasteiger partial charge in [-0.2, -0.15) is 0 Å². The summed E-state index contributed by atoms with van der Waals surface area (Å²) in [7, 11) is 0. The van der Waals surface area contributed by atoms with Gasteiger partial charge in [0.05, 0.1) is 0 Å². The third kappa shape index (κ3) is 2.28. The molecule has 0 spiro atoms. The Morgan fingerprint density at radius 1 is 1.33 bits per heavy atom. The average Bonchev–Trinajstić information content (AvgIpc) is 3.05. The summed E-state index contributed by atoms with van der Waals surface area (Å²) in [5, 5.41) is 3.94. The van der Waals surface area contributed by atoms with Crippen LogP contribution in [-0.2, 0) is 0 Å². The number of amides is 1. The fourth-order valence-corrected chi connectivity index (χ4v) is 2.94. The summed E-state index contributed by atoms with van der Waals surface area (Å²) in [5.74, 6) is 2.58. The molecule has 1 aliphatic heterocycles. The van der Waals surface area contributed by atoms with Crippen LogP contribution >= 0.6 is 0 Å². The van der Waals surface area contributed by atoms with E-state index in [2.05, 4.69) is 19.0 Å². The molecule has 1 amide bonds. The van der Waals surface area contributed by atoms with Gasteiger partial charge in [-0.05, 0) is 31.1 Å². The minimum absolute atomic E-state index is 0.0315. The lowest BCUT2D eigenvalue weighted by molar-refractivity contribution is 0.0612. The molecule has 0 bridgehead atoms. The Balaban J connectivity index is 1.72. The topological polar surface area (TPSA) is 46.3 Å². The molecule has 1 aromatic rings. The van der Waals surface area contributed by atoms with Crippen molar-refractivity contribution < 1.29 is 9.32 Å². The van der Waals surface area contributed by atoms with E-state index in [-0.39, 0.29) is 5.91 Å². The summed E-state index contributed by atoms with van der Waals surface area (Å²) in [6.45, 7) is 6.09. The van der Waals surface area contributed by atoms with Gasteiger partial charge in [-0.1, -0.05) is 19.0 Å². The summed E-state index contributed by atoms with van der Waals surface area (Å²) in [6, 6.07) is 1.84. The monoisotopic (exact) mass is 248 g/mol. The van der Waals surface area contributed by atoms with Crippen molar-refractivity contribution in [3.63, 3.8) is 0 Å². The van der Waals surface area contributed by atoms with Gasteiger partial charge in [-0.25, -0.2) is 0 Å². The van der Waals surface area contributed by atoms with Crippen LogP contribution in [0.5, 0.6) is 0 Å². The van der Waals surface area contributed by atoms with Crippen molar-refractivity contribution >= 4 is 5.91 Å². The number of rotatable bonds is 2. The highest BCUT2D eigenvalue weighted by atomic mass is 16.5. The first kappa shape index (κ1) is 11.8. The van der Waals surface area contributed by atoms with E-state index < -0.39 is 0 Å². The van der Waals surface area contributed by atoms with Gasteiger partial charge in [0.2, 0.25) is 0 Å². The lowest BCUT2D eigenvalue weighted by Gasteiger charge is -2.34. The van der Waals surface area contributed by atoms with Crippen LogP contribution in [0, 0.1) is 11.8 Å². The fourth-order valence-electron chi connectivity index (χ4n) is 2.94. The Hall–Kier alpha value is -1.32. The van der Waals surface area contributed by atoms with Crippen LogP contribution in [-0.4, -0.2) is 29.1 Å². The molecular formula is C14H20N2O2. The van der Waals surface area contributed by atoms with Crippen molar-refractivity contribution in [2.45, 2.75) is 39.0 Å². The molecule has 0 unspecified atom stereocenters. The predicted octanol–water partition coefficient (Wildman–Crippen LogP) is 2.67. The first-order valence-corrected chi connectivity index (χ1v) is 6.89. The van der Waals surface area contributed by atoms with Gasteiger partial charge in [-0.3, -0.25) is 4.79 Å². The zero-order chi connectivity index (χ0) is 12.7. The van der Waals surface area contributed by atoms with Gasteiger partial charge in [0.15, 0.2) is 5.69 Å². The van der Waals surface area contributed by atoms with Crippen LogP contribution in [0.25, 0.3) is 0 Å². The summed E-state index contributed by atoms with van der Waals surface area (Å²) in [4.78, 5) is 14.3. The van der Waals surface area contributed by atoms with Gasteiger partial charge in [-0.15, -0.1) is 0 Å². The second-order valence-electron chi connectivity index (χ2n) is 6.04. The number of hydrogen-bond acceptors (Lipinski definition) is 3. The molecule has 1 saturated heterocycles. The zero-order valence-electron chi connectivity index (χ0n) is 11.1. The Labute approximate surface area is 107 Å². The van der Waals surface area contributed by atoms with Crippen LogP contribution in [0.3, 0.4) is 0 Å². The van der Waals surface area contributed by atoms with Crippen molar-refractivity contribution in [1.82, 2.24) is 10.1 Å². The first-order valence-electron chi connectivity index (χ1n) is 6.89. The molecule has 2 fully saturated rings. The van der Waals surface area contributed by atoms with E-state index in [1.54, 1.807) is 0 Å². The van der Waals surface area contributed by atoms with Gasteiger partial charge < -0.3 is 9.42 Å². The normalized spacial score (nSPS) is 28.4. The molecule has 3 rings (SSSR count). The third-order valence-corrected chi connectivity index (χ3v) is 3.88. The molecule has 0 aromatic carbocycles. The van der Waals surface area contributed by atoms with E-state index in [9.17, 15) is 4.79 Å². The number of hydrogen-bond donors (Lipinski definition) is 0. The van der Waals surface area contributed by atoms with Crippen molar-refractivity contribution in [3.8, 4) is 0 Å². The second kappa shape index (κ2) is 4.41. The highest BCUT2D eigenvalue weighted by Gasteiger charge is 2.31. The van der Waals surface area contributed by atoms with Gasteiger partial charge in [0, 0.05) is 25.1 Å². The van der Waals surface area contributed by atoms with Crippen molar-refractivity contribution in [2.75, 3.05) is 13.1 Å². The molecule has 1 aromatic heterocycles. The maximum absolute atomic E-state index is 12.4. The minimum Gasteiger partial charge on any atom is -0.360 e. The van der Waals surface area contributed by atoms with E-state index in [4.69, 9.17) is 4.52 Å². The van der Waals surface area contributed by atoms with E-state index in [0.717, 1.165) is 18.8 Å². The van der Waals surface area contributed by atoms with Crippen LogP contribution in [0.4, 0.5) is 0 Å². The molecule has 98 valence electrons. The molecule has 0 N–H and O–H groups in total. The summed E-state index contributed by atoms with van der Waals surface area (Å²) in [6.07, 6.45) is 3.54. The second-order valence-corrected chi connectivity index (χ2v) is 6.04. The van der Waals surface area contributed by atoms with Gasteiger partial charge in [0.25, 0.3) is 5.91 Å². The average molecular weight is 248 g/mol. The molecule has 2 aliphatic rings. The van der Waals surface area contributed by atoms with E-state index in [1.807, 2.05) is 11.0 Å². The predicted molar refractivity (Wildman–Crippen MR) is 67.3 cm³/mol. The number of carbonyl (C=O) groups excluding carboxylic acids is 1. The lowest BCUT2D eigenvalue weighted by atomic mass is 9.92. The zero-order valence-corrected chi connectivity index (χ0v) is 11.1. The Morgan fingerprint density at radius 3 is 2.61 bits per heavy atom. The van der Waals surface area contributed by atoms with E-state index in [0.29, 0.717) is 23.4 Å². The summed E-state index contributed by atoms with van der Waals surface area (Å²) >= 11 is 0. The Kier molecular flexibility index (Phi) is 2.88. The number of nitrogens with zero attached hydrogens (tertiary/aromatic N) is 2. The molecule has 2 atom stereocenters. The smallest absolute Gasteiger partial charge is 0.276 e. The van der Waals surface area contributed by atoms with Crippen molar-refractivity contribution in [2.24, 2.45) is 11.8 Å². The summed E-state index contributed by atoms with van der Waals surface area (Å²) in [5.41, 5.74) is 0.484. The van der Waals surface area contributed by atoms with Crippen molar-refractivity contribution in [1.29, 1.82) is 0 Å². The first-order chi connectivity index (χ1) is 8.63. The van der Waals surface area contributed by atoms with Crippen LogP contribution in [0.2, 0.25) is 0 Å². The quantitative estimate of drug-likeness (QED) is 0.808. The number of likely N-dealkylation sites (tertiary alicyclic amines) is 1. The van der Waals surface area contributed by atoms with Crippen molar-refractivity contribution in [3.05, 3.63) is 17.5 Å². The number of carbonyl (C=O) groups is 1. The molecule has 4 heteroatoms. The molecule has 1 aliphatic carbocycles.